The number of nitrogens with zero attached hydrogens (tertiary/aromatic N) is 2. The van der Waals surface area contributed by atoms with Gasteiger partial charge in [0.1, 0.15) is 5.56 Å². The summed E-state index contributed by atoms with van der Waals surface area (Å²) < 4.78 is 31.8. The van der Waals surface area contributed by atoms with E-state index in [1.165, 1.54) is 19.4 Å². The molecule has 0 bridgehead atoms. The minimum atomic E-state index is -3.45. The molecule has 2 rings (SSSR count). The van der Waals surface area contributed by atoms with Crippen LogP contribution < -0.4 is 4.74 Å². The maximum absolute atomic E-state index is 13.4. The molecule has 152 valence electrons. The Labute approximate surface area is 167 Å². The number of sulfone groups is 1. The molecule has 0 radical (unpaired) electrons. The molecule has 1 aromatic carbocycles. The van der Waals surface area contributed by atoms with Crippen LogP contribution in [0, 0.1) is 13.8 Å². The molecule has 6 nitrogen and oxygen atoms in total. The SMILES string of the molecule is CCn1nc(C)c(C(=O)c2ccc(S(C)(=O)=O)c(C(C)=C(C)C)c2C)c1OC. The predicted molar refractivity (Wildman–Crippen MR) is 111 cm³/mol. The summed E-state index contributed by atoms with van der Waals surface area (Å²) in [4.78, 5) is 13.6. The van der Waals surface area contributed by atoms with Crippen LogP contribution in [0.1, 0.15) is 60.4 Å². The van der Waals surface area contributed by atoms with Gasteiger partial charge in [-0.2, -0.15) is 5.10 Å². The number of ether oxygens (including phenoxy) is 1. The summed E-state index contributed by atoms with van der Waals surface area (Å²) in [6.45, 7) is 11.8. The molecule has 0 N–H and O–H groups in total. The lowest BCUT2D eigenvalue weighted by Gasteiger charge is -2.17. The first-order valence-electron chi connectivity index (χ1n) is 9.09. The summed E-state index contributed by atoms with van der Waals surface area (Å²) in [6.07, 6.45) is 1.18. The number of carbonyl (C=O) groups is 1. The molecule has 0 saturated heterocycles. The lowest BCUT2D eigenvalue weighted by molar-refractivity contribution is 0.103. The van der Waals surface area contributed by atoms with Gasteiger partial charge in [-0.1, -0.05) is 5.57 Å². The van der Waals surface area contributed by atoms with E-state index in [1.807, 2.05) is 27.7 Å². The standard InChI is InChI=1S/C21H28N2O4S/c1-9-23-21(27-7)19(15(6)22-23)20(24)16-10-11-17(28(8,25)26)18(14(16)5)13(4)12(2)3/h10-11H,9H2,1-8H3. The molecule has 28 heavy (non-hydrogen) atoms. The third-order valence-electron chi connectivity index (χ3n) is 5.00. The summed E-state index contributed by atoms with van der Waals surface area (Å²) in [5.41, 5.74) is 4.49. The monoisotopic (exact) mass is 404 g/mol. The maximum Gasteiger partial charge on any atom is 0.223 e. The van der Waals surface area contributed by atoms with Crippen LogP contribution in [-0.2, 0) is 16.4 Å². The number of hydrogen-bond acceptors (Lipinski definition) is 5. The van der Waals surface area contributed by atoms with Crippen LogP contribution in [-0.4, -0.2) is 37.3 Å². The summed E-state index contributed by atoms with van der Waals surface area (Å²) in [6, 6.07) is 3.10. The van der Waals surface area contributed by atoms with E-state index < -0.39 is 9.84 Å². The second kappa shape index (κ2) is 7.91. The number of aryl methyl sites for hydroxylation is 2. The van der Waals surface area contributed by atoms with Gasteiger partial charge < -0.3 is 4.74 Å². The van der Waals surface area contributed by atoms with Crippen LogP contribution in [0.25, 0.3) is 5.57 Å². The first-order chi connectivity index (χ1) is 12.9. The van der Waals surface area contributed by atoms with E-state index in [4.69, 9.17) is 4.74 Å². The lowest BCUT2D eigenvalue weighted by Crippen LogP contribution is -2.11. The van der Waals surface area contributed by atoms with Crippen molar-refractivity contribution in [1.82, 2.24) is 9.78 Å². The quantitative estimate of drug-likeness (QED) is 0.681. The topological polar surface area (TPSA) is 78.3 Å². The third-order valence-corrected chi connectivity index (χ3v) is 6.14. The van der Waals surface area contributed by atoms with Crippen molar-refractivity contribution >= 4 is 21.2 Å². The fourth-order valence-electron chi connectivity index (χ4n) is 3.34. The van der Waals surface area contributed by atoms with Crippen LogP contribution in [0.2, 0.25) is 0 Å². The van der Waals surface area contributed by atoms with E-state index in [0.717, 1.165) is 11.1 Å². The lowest BCUT2D eigenvalue weighted by atomic mass is 9.91. The Balaban J connectivity index is 2.83. The number of rotatable bonds is 6. The molecule has 0 aliphatic rings. The van der Waals surface area contributed by atoms with Gasteiger partial charge in [-0.15, -0.1) is 0 Å². The van der Waals surface area contributed by atoms with Crippen LogP contribution >= 0.6 is 0 Å². The number of ketones is 1. The number of hydrogen-bond donors (Lipinski definition) is 0. The number of methoxy groups -OCH3 is 1. The van der Waals surface area contributed by atoms with Crippen molar-refractivity contribution in [1.29, 1.82) is 0 Å². The Morgan fingerprint density at radius 1 is 1.14 bits per heavy atom. The zero-order valence-corrected chi connectivity index (χ0v) is 18.6. The fourth-order valence-corrected chi connectivity index (χ4v) is 4.33. The van der Waals surface area contributed by atoms with Crippen LogP contribution in [0.15, 0.2) is 22.6 Å². The molecule has 0 saturated carbocycles. The summed E-state index contributed by atoms with van der Waals surface area (Å²) in [5, 5.41) is 4.38. The second-order valence-corrected chi connectivity index (χ2v) is 9.11. The summed E-state index contributed by atoms with van der Waals surface area (Å²) in [7, 11) is -1.94. The van der Waals surface area contributed by atoms with Crippen molar-refractivity contribution in [3.8, 4) is 5.88 Å². The molecule has 0 atom stereocenters. The van der Waals surface area contributed by atoms with Gasteiger partial charge in [-0.3, -0.25) is 4.79 Å². The van der Waals surface area contributed by atoms with E-state index >= 15 is 0 Å². The number of carbonyl (C=O) groups excluding carboxylic acids is 1. The highest BCUT2D eigenvalue weighted by atomic mass is 32.2. The van der Waals surface area contributed by atoms with Crippen molar-refractivity contribution in [2.75, 3.05) is 13.4 Å². The maximum atomic E-state index is 13.4. The van der Waals surface area contributed by atoms with Crippen LogP contribution in [0.5, 0.6) is 5.88 Å². The van der Waals surface area contributed by atoms with Crippen molar-refractivity contribution in [2.45, 2.75) is 53.0 Å². The van der Waals surface area contributed by atoms with Crippen molar-refractivity contribution in [2.24, 2.45) is 0 Å². The molecular weight excluding hydrogens is 376 g/mol. The smallest absolute Gasteiger partial charge is 0.223 e. The van der Waals surface area contributed by atoms with E-state index in [-0.39, 0.29) is 10.7 Å². The van der Waals surface area contributed by atoms with E-state index in [0.29, 0.717) is 40.4 Å². The molecule has 0 amide bonds. The normalized spacial score (nSPS) is 11.4. The Kier molecular flexibility index (Phi) is 6.18. The molecule has 7 heteroatoms. The van der Waals surface area contributed by atoms with Gasteiger partial charge in [-0.05, 0) is 70.4 Å². The van der Waals surface area contributed by atoms with Crippen molar-refractivity contribution in [3.63, 3.8) is 0 Å². The molecule has 0 aliphatic heterocycles. The number of aromatic nitrogens is 2. The van der Waals surface area contributed by atoms with E-state index in [1.54, 1.807) is 24.6 Å². The molecule has 0 unspecified atom stereocenters. The predicted octanol–water partition coefficient (Wildman–Crippen LogP) is 3.98. The second-order valence-electron chi connectivity index (χ2n) is 7.12. The summed E-state index contributed by atoms with van der Waals surface area (Å²) in [5.74, 6) is 0.187. The van der Waals surface area contributed by atoms with Gasteiger partial charge in [-0.25, -0.2) is 13.1 Å². The highest BCUT2D eigenvalue weighted by molar-refractivity contribution is 7.90. The average molecular weight is 405 g/mol. The Bertz CT molecular complexity index is 1070. The highest BCUT2D eigenvalue weighted by Crippen LogP contribution is 2.33. The molecular formula is C21H28N2O4S. The zero-order chi connectivity index (χ0) is 21.4. The molecule has 0 aliphatic carbocycles. The van der Waals surface area contributed by atoms with Gasteiger partial charge in [0.2, 0.25) is 11.7 Å². The fraction of sp³-hybridized carbons (Fsp3) is 0.429. The van der Waals surface area contributed by atoms with E-state index in [9.17, 15) is 13.2 Å². The van der Waals surface area contributed by atoms with Gasteiger partial charge in [0.15, 0.2) is 9.84 Å². The van der Waals surface area contributed by atoms with Crippen LogP contribution in [0.3, 0.4) is 0 Å². The Hall–Kier alpha value is -2.41. The average Bonchev–Trinajstić information content (AvgIpc) is 2.94. The van der Waals surface area contributed by atoms with Crippen LogP contribution in [0.4, 0.5) is 0 Å². The first kappa shape index (κ1) is 21.9. The largest absolute Gasteiger partial charge is 0.481 e. The minimum absolute atomic E-state index is 0.227. The third kappa shape index (κ3) is 3.76. The van der Waals surface area contributed by atoms with Gasteiger partial charge in [0.25, 0.3) is 0 Å². The Morgan fingerprint density at radius 3 is 2.21 bits per heavy atom. The molecule has 1 heterocycles. The van der Waals surface area contributed by atoms with E-state index in [2.05, 4.69) is 5.10 Å². The van der Waals surface area contributed by atoms with Crippen molar-refractivity contribution in [3.05, 3.63) is 45.7 Å². The number of benzene rings is 1. The highest BCUT2D eigenvalue weighted by Gasteiger charge is 2.27. The van der Waals surface area contributed by atoms with Gasteiger partial charge >= 0.3 is 0 Å². The van der Waals surface area contributed by atoms with Gasteiger partial charge in [0, 0.05) is 18.4 Å². The first-order valence-corrected chi connectivity index (χ1v) is 11.0. The minimum Gasteiger partial charge on any atom is -0.481 e. The number of allylic oxidation sites excluding steroid dienone is 2. The Morgan fingerprint density at radius 2 is 1.75 bits per heavy atom. The van der Waals surface area contributed by atoms with Crippen molar-refractivity contribution < 1.29 is 17.9 Å². The molecule has 1 aromatic heterocycles. The summed E-state index contributed by atoms with van der Waals surface area (Å²) >= 11 is 0. The molecule has 0 fully saturated rings. The zero-order valence-electron chi connectivity index (χ0n) is 17.8. The molecule has 0 spiro atoms. The molecule has 2 aromatic rings. The van der Waals surface area contributed by atoms with Gasteiger partial charge in [0.05, 0.1) is 17.7 Å².